The quantitative estimate of drug-likeness (QED) is 0.759. The summed E-state index contributed by atoms with van der Waals surface area (Å²) in [6, 6.07) is 14.5. The van der Waals surface area contributed by atoms with Gasteiger partial charge in [-0.15, -0.1) is 5.11 Å². The normalized spacial score (nSPS) is 10.6. The van der Waals surface area contributed by atoms with Gasteiger partial charge in [0.15, 0.2) is 0 Å². The number of nitrogens with one attached hydrogen (secondary N) is 1. The highest BCUT2D eigenvalue weighted by Gasteiger charge is 2.10. The van der Waals surface area contributed by atoms with Crippen LogP contribution in [0.5, 0.6) is 0 Å². The van der Waals surface area contributed by atoms with Crippen LogP contribution in [-0.2, 0) is 4.79 Å². The van der Waals surface area contributed by atoms with Gasteiger partial charge in [0.05, 0.1) is 16.9 Å². The maximum Gasteiger partial charge on any atom is 0.253 e. The predicted octanol–water partition coefficient (Wildman–Crippen LogP) is 2.77. The lowest BCUT2D eigenvalue weighted by Gasteiger charge is -2.11. The van der Waals surface area contributed by atoms with E-state index in [4.69, 9.17) is 5.73 Å². The van der Waals surface area contributed by atoms with Gasteiger partial charge in [0.1, 0.15) is 0 Å². The van der Waals surface area contributed by atoms with Crippen molar-refractivity contribution >= 4 is 28.9 Å². The summed E-state index contributed by atoms with van der Waals surface area (Å²) in [5.74, 6) is -0.784. The second kappa shape index (κ2) is 8.58. The van der Waals surface area contributed by atoms with Gasteiger partial charge in [-0.3, -0.25) is 9.59 Å². The maximum absolute atomic E-state index is 12.2. The van der Waals surface area contributed by atoms with E-state index in [9.17, 15) is 9.59 Å². The van der Waals surface area contributed by atoms with E-state index in [0.717, 1.165) is 5.69 Å². The minimum Gasteiger partial charge on any atom is -0.378 e. The molecule has 0 aliphatic heterocycles. The molecule has 0 saturated heterocycles. The minimum absolute atomic E-state index is 0.0909. The lowest BCUT2D eigenvalue weighted by atomic mass is 10.1. The number of anilines is 1. The topological polar surface area (TPSA) is 100 Å². The third-order valence-corrected chi connectivity index (χ3v) is 3.44. The number of nitrogens with zero attached hydrogens (tertiary/aromatic N) is 3. The van der Waals surface area contributed by atoms with Gasteiger partial charge in [0.25, 0.3) is 5.91 Å². The molecular weight excluding hydrogens is 318 g/mol. The highest BCUT2D eigenvalue weighted by Crippen LogP contribution is 2.23. The van der Waals surface area contributed by atoms with Crippen LogP contribution in [0, 0.1) is 0 Å². The fourth-order valence-electron chi connectivity index (χ4n) is 2.08. The number of azo groups is 1. The van der Waals surface area contributed by atoms with E-state index in [1.165, 1.54) is 0 Å². The molecule has 0 aliphatic rings. The molecule has 2 aromatic rings. The third-order valence-electron chi connectivity index (χ3n) is 3.44. The second-order valence-electron chi connectivity index (χ2n) is 5.60. The average molecular weight is 339 g/mol. The van der Waals surface area contributed by atoms with Crippen LogP contribution in [-0.4, -0.2) is 32.5 Å². The smallest absolute Gasteiger partial charge is 0.253 e. The molecule has 0 aliphatic carbocycles. The standard InChI is InChI=1S/C18H21N5O2/c1-23(2)14-9-7-13(8-10-14)21-22-16-6-4-3-5-15(16)18(25)20-12-11-17(19)24/h3-10H,11-12H2,1-2H3,(H2,19,24)(H,20,25). The summed E-state index contributed by atoms with van der Waals surface area (Å²) >= 11 is 0. The predicted molar refractivity (Wildman–Crippen MR) is 97.5 cm³/mol. The first kappa shape index (κ1) is 18.1. The molecule has 7 heteroatoms. The SMILES string of the molecule is CN(C)c1ccc(N=Nc2ccccc2C(=O)NCCC(N)=O)cc1. The highest BCUT2D eigenvalue weighted by molar-refractivity contribution is 5.99. The minimum atomic E-state index is -0.463. The van der Waals surface area contributed by atoms with Crippen molar-refractivity contribution in [1.82, 2.24) is 5.32 Å². The Morgan fingerprint density at radius 3 is 2.36 bits per heavy atom. The van der Waals surface area contributed by atoms with Gasteiger partial charge in [-0.05, 0) is 36.4 Å². The fourth-order valence-corrected chi connectivity index (χ4v) is 2.08. The van der Waals surface area contributed by atoms with Gasteiger partial charge in [-0.1, -0.05) is 12.1 Å². The number of hydrogen-bond donors (Lipinski definition) is 2. The van der Waals surface area contributed by atoms with Gasteiger partial charge in [0, 0.05) is 32.7 Å². The Labute approximate surface area is 146 Å². The molecule has 130 valence electrons. The molecule has 2 rings (SSSR count). The summed E-state index contributed by atoms with van der Waals surface area (Å²) in [6.45, 7) is 0.186. The van der Waals surface area contributed by atoms with Crippen LogP contribution in [0.1, 0.15) is 16.8 Å². The first-order chi connectivity index (χ1) is 12.0. The van der Waals surface area contributed by atoms with Gasteiger partial charge < -0.3 is 16.0 Å². The van der Waals surface area contributed by atoms with E-state index < -0.39 is 5.91 Å². The lowest BCUT2D eigenvalue weighted by Crippen LogP contribution is -2.27. The van der Waals surface area contributed by atoms with Crippen molar-refractivity contribution in [2.45, 2.75) is 6.42 Å². The number of carbonyl (C=O) groups excluding carboxylic acids is 2. The number of carbonyl (C=O) groups is 2. The van der Waals surface area contributed by atoms with Crippen molar-refractivity contribution in [2.75, 3.05) is 25.5 Å². The Kier molecular flexibility index (Phi) is 6.22. The van der Waals surface area contributed by atoms with Gasteiger partial charge >= 0.3 is 0 Å². The average Bonchev–Trinajstić information content (AvgIpc) is 2.60. The number of nitrogens with two attached hydrogens (primary N) is 1. The molecule has 2 aromatic carbocycles. The van der Waals surface area contributed by atoms with Gasteiger partial charge in [-0.2, -0.15) is 5.11 Å². The second-order valence-corrected chi connectivity index (χ2v) is 5.60. The summed E-state index contributed by atoms with van der Waals surface area (Å²) in [4.78, 5) is 24.9. The zero-order valence-electron chi connectivity index (χ0n) is 14.3. The van der Waals surface area contributed by atoms with E-state index >= 15 is 0 Å². The van der Waals surface area contributed by atoms with Crippen LogP contribution >= 0.6 is 0 Å². The van der Waals surface area contributed by atoms with Crippen LogP contribution in [0.4, 0.5) is 17.1 Å². The molecule has 2 amide bonds. The summed E-state index contributed by atoms with van der Waals surface area (Å²) in [5.41, 5.74) is 7.66. The number of primary amides is 1. The highest BCUT2D eigenvalue weighted by atomic mass is 16.2. The van der Waals surface area contributed by atoms with Gasteiger partial charge in [-0.25, -0.2) is 0 Å². The molecule has 0 atom stereocenters. The molecule has 0 unspecified atom stereocenters. The molecule has 0 heterocycles. The van der Waals surface area contributed by atoms with E-state index in [1.807, 2.05) is 43.3 Å². The molecule has 0 radical (unpaired) electrons. The largest absolute Gasteiger partial charge is 0.378 e. The lowest BCUT2D eigenvalue weighted by molar-refractivity contribution is -0.117. The Balaban J connectivity index is 2.11. The van der Waals surface area contributed by atoms with Crippen LogP contribution in [0.25, 0.3) is 0 Å². The van der Waals surface area contributed by atoms with Crippen molar-refractivity contribution in [3.05, 3.63) is 54.1 Å². The molecule has 0 aromatic heterocycles. The zero-order chi connectivity index (χ0) is 18.2. The summed E-state index contributed by atoms with van der Waals surface area (Å²) in [6.07, 6.45) is 0.0909. The zero-order valence-corrected chi connectivity index (χ0v) is 14.3. The van der Waals surface area contributed by atoms with E-state index in [2.05, 4.69) is 15.5 Å². The molecule has 0 fully saturated rings. The number of amides is 2. The first-order valence-electron chi connectivity index (χ1n) is 7.82. The molecule has 7 nitrogen and oxygen atoms in total. The Morgan fingerprint density at radius 1 is 1.04 bits per heavy atom. The first-order valence-corrected chi connectivity index (χ1v) is 7.82. The van der Waals surface area contributed by atoms with Crippen molar-refractivity contribution in [2.24, 2.45) is 16.0 Å². The number of hydrogen-bond acceptors (Lipinski definition) is 5. The van der Waals surface area contributed by atoms with E-state index in [-0.39, 0.29) is 18.9 Å². The number of benzene rings is 2. The maximum atomic E-state index is 12.2. The van der Waals surface area contributed by atoms with Crippen molar-refractivity contribution in [1.29, 1.82) is 0 Å². The van der Waals surface area contributed by atoms with E-state index in [1.54, 1.807) is 24.3 Å². The monoisotopic (exact) mass is 339 g/mol. The summed E-state index contributed by atoms with van der Waals surface area (Å²) < 4.78 is 0. The van der Waals surface area contributed by atoms with Crippen molar-refractivity contribution in [3.8, 4) is 0 Å². The Bertz CT molecular complexity index is 769. The molecule has 0 bridgehead atoms. The van der Waals surface area contributed by atoms with Crippen molar-refractivity contribution < 1.29 is 9.59 Å². The summed E-state index contributed by atoms with van der Waals surface area (Å²) in [5, 5.41) is 11.0. The molecule has 3 N–H and O–H groups in total. The van der Waals surface area contributed by atoms with Crippen LogP contribution in [0.3, 0.4) is 0 Å². The van der Waals surface area contributed by atoms with Crippen LogP contribution in [0.2, 0.25) is 0 Å². The van der Waals surface area contributed by atoms with Crippen LogP contribution in [0.15, 0.2) is 58.8 Å². The molecule has 0 saturated carbocycles. The van der Waals surface area contributed by atoms with E-state index in [0.29, 0.717) is 16.9 Å². The summed E-state index contributed by atoms with van der Waals surface area (Å²) in [7, 11) is 3.92. The molecular formula is C18H21N5O2. The number of rotatable bonds is 7. The van der Waals surface area contributed by atoms with Crippen LogP contribution < -0.4 is 16.0 Å². The Hall–Kier alpha value is -3.22. The molecule has 0 spiro atoms. The Morgan fingerprint density at radius 2 is 1.72 bits per heavy atom. The van der Waals surface area contributed by atoms with Crippen molar-refractivity contribution in [3.63, 3.8) is 0 Å². The van der Waals surface area contributed by atoms with Gasteiger partial charge in [0.2, 0.25) is 5.91 Å². The fraction of sp³-hybridized carbons (Fsp3) is 0.222. The third kappa shape index (κ3) is 5.42. The molecule has 25 heavy (non-hydrogen) atoms.